The normalized spacial score (nSPS) is 20.8. The molecule has 0 aromatic heterocycles. The SMILES string of the molecule is CC(C)CCC(=O)N1C(=O)OC[C@H]1C(C)C. The Balaban J connectivity index is 2.61. The van der Waals surface area contributed by atoms with Gasteiger partial charge >= 0.3 is 6.09 Å². The van der Waals surface area contributed by atoms with E-state index in [0.717, 1.165) is 6.42 Å². The largest absolute Gasteiger partial charge is 0.447 e. The summed E-state index contributed by atoms with van der Waals surface area (Å²) in [5.41, 5.74) is 0. The highest BCUT2D eigenvalue weighted by Gasteiger charge is 2.38. The molecule has 1 aliphatic heterocycles. The molecule has 1 saturated heterocycles. The van der Waals surface area contributed by atoms with Gasteiger partial charge in [0.1, 0.15) is 6.61 Å². The molecule has 0 bridgehead atoms. The third kappa shape index (κ3) is 2.97. The first-order valence-corrected chi connectivity index (χ1v) is 5.92. The topological polar surface area (TPSA) is 46.6 Å². The van der Waals surface area contributed by atoms with Crippen LogP contribution in [-0.4, -0.2) is 29.5 Å². The minimum Gasteiger partial charge on any atom is -0.447 e. The van der Waals surface area contributed by atoms with E-state index in [1.54, 1.807) is 0 Å². The smallest absolute Gasteiger partial charge is 0.416 e. The summed E-state index contributed by atoms with van der Waals surface area (Å²) in [5.74, 6) is 0.615. The van der Waals surface area contributed by atoms with E-state index >= 15 is 0 Å². The van der Waals surface area contributed by atoms with Gasteiger partial charge in [-0.2, -0.15) is 0 Å². The van der Waals surface area contributed by atoms with E-state index in [-0.39, 0.29) is 17.9 Å². The van der Waals surface area contributed by atoms with Crippen LogP contribution in [-0.2, 0) is 9.53 Å². The Morgan fingerprint density at radius 3 is 2.56 bits per heavy atom. The second-order valence-corrected chi connectivity index (χ2v) is 5.08. The minimum atomic E-state index is -0.479. The van der Waals surface area contributed by atoms with Gasteiger partial charge in [0, 0.05) is 6.42 Å². The Bertz CT molecular complexity index is 273. The van der Waals surface area contributed by atoms with Crippen LogP contribution in [0.25, 0.3) is 0 Å². The summed E-state index contributed by atoms with van der Waals surface area (Å²) in [7, 11) is 0. The van der Waals surface area contributed by atoms with Crippen LogP contribution in [0.2, 0.25) is 0 Å². The monoisotopic (exact) mass is 227 g/mol. The van der Waals surface area contributed by atoms with Crippen molar-refractivity contribution in [2.45, 2.75) is 46.6 Å². The number of carbonyl (C=O) groups is 2. The number of cyclic esters (lactones) is 1. The van der Waals surface area contributed by atoms with Gasteiger partial charge in [-0.25, -0.2) is 9.69 Å². The number of rotatable bonds is 4. The first kappa shape index (κ1) is 13.0. The zero-order chi connectivity index (χ0) is 12.3. The Morgan fingerprint density at radius 2 is 2.06 bits per heavy atom. The molecule has 0 radical (unpaired) electrons. The lowest BCUT2D eigenvalue weighted by molar-refractivity contribution is -0.130. The molecule has 0 aromatic carbocycles. The third-order valence-electron chi connectivity index (χ3n) is 2.88. The van der Waals surface area contributed by atoms with E-state index in [1.807, 2.05) is 13.8 Å². The van der Waals surface area contributed by atoms with Crippen LogP contribution in [0.15, 0.2) is 0 Å². The van der Waals surface area contributed by atoms with E-state index in [9.17, 15) is 9.59 Å². The molecule has 1 atom stereocenters. The first-order valence-electron chi connectivity index (χ1n) is 5.92. The van der Waals surface area contributed by atoms with Crippen molar-refractivity contribution in [1.29, 1.82) is 0 Å². The molecule has 1 rings (SSSR count). The van der Waals surface area contributed by atoms with Crippen LogP contribution in [0.5, 0.6) is 0 Å². The summed E-state index contributed by atoms with van der Waals surface area (Å²) < 4.78 is 4.93. The summed E-state index contributed by atoms with van der Waals surface area (Å²) in [6.07, 6.45) is 0.760. The van der Waals surface area contributed by atoms with Crippen molar-refractivity contribution < 1.29 is 14.3 Å². The molecule has 92 valence electrons. The van der Waals surface area contributed by atoms with Gasteiger partial charge in [0.15, 0.2) is 0 Å². The fourth-order valence-electron chi connectivity index (χ4n) is 1.75. The molecule has 0 N–H and O–H groups in total. The van der Waals surface area contributed by atoms with Gasteiger partial charge in [-0.3, -0.25) is 4.79 Å². The Kier molecular flexibility index (Phi) is 4.33. The molecule has 1 fully saturated rings. The van der Waals surface area contributed by atoms with Gasteiger partial charge in [-0.05, 0) is 18.3 Å². The van der Waals surface area contributed by atoms with Crippen LogP contribution in [0.3, 0.4) is 0 Å². The Hall–Kier alpha value is -1.06. The van der Waals surface area contributed by atoms with Gasteiger partial charge in [0.05, 0.1) is 6.04 Å². The molecule has 0 saturated carbocycles. The summed E-state index contributed by atoms with van der Waals surface area (Å²) in [4.78, 5) is 24.7. The molecule has 0 spiro atoms. The Labute approximate surface area is 96.9 Å². The highest BCUT2D eigenvalue weighted by Crippen LogP contribution is 2.21. The molecule has 1 heterocycles. The molecular weight excluding hydrogens is 206 g/mol. The molecule has 4 heteroatoms. The van der Waals surface area contributed by atoms with Gasteiger partial charge in [0.2, 0.25) is 5.91 Å². The van der Waals surface area contributed by atoms with Crippen LogP contribution in [0.4, 0.5) is 4.79 Å². The average Bonchev–Trinajstić information content (AvgIpc) is 2.56. The lowest BCUT2D eigenvalue weighted by atomic mass is 10.0. The predicted molar refractivity (Wildman–Crippen MR) is 60.9 cm³/mol. The molecule has 1 aliphatic rings. The second kappa shape index (κ2) is 5.32. The third-order valence-corrected chi connectivity index (χ3v) is 2.88. The van der Waals surface area contributed by atoms with Crippen molar-refractivity contribution in [3.05, 3.63) is 0 Å². The zero-order valence-electron chi connectivity index (χ0n) is 10.5. The van der Waals surface area contributed by atoms with Gasteiger partial charge in [-0.1, -0.05) is 27.7 Å². The second-order valence-electron chi connectivity index (χ2n) is 5.08. The standard InChI is InChI=1S/C12H21NO3/c1-8(2)5-6-11(14)13-10(9(3)4)7-16-12(13)15/h8-10H,5-7H2,1-4H3/t10-/m0/s1. The number of imide groups is 1. The number of ether oxygens (including phenoxy) is 1. The number of hydrogen-bond acceptors (Lipinski definition) is 3. The summed E-state index contributed by atoms with van der Waals surface area (Å²) in [6, 6.07) is -0.0906. The summed E-state index contributed by atoms with van der Waals surface area (Å²) >= 11 is 0. The average molecular weight is 227 g/mol. The summed E-state index contributed by atoms with van der Waals surface area (Å²) in [6.45, 7) is 8.46. The quantitative estimate of drug-likeness (QED) is 0.741. The van der Waals surface area contributed by atoms with Crippen molar-refractivity contribution in [1.82, 2.24) is 4.90 Å². The molecule has 16 heavy (non-hydrogen) atoms. The van der Waals surface area contributed by atoms with Gasteiger partial charge < -0.3 is 4.74 Å². The fourth-order valence-corrected chi connectivity index (χ4v) is 1.75. The number of amides is 2. The van der Waals surface area contributed by atoms with Crippen LogP contribution in [0.1, 0.15) is 40.5 Å². The maximum Gasteiger partial charge on any atom is 0.416 e. The number of hydrogen-bond donors (Lipinski definition) is 0. The highest BCUT2D eigenvalue weighted by atomic mass is 16.6. The Morgan fingerprint density at radius 1 is 1.44 bits per heavy atom. The molecular formula is C12H21NO3. The predicted octanol–water partition coefficient (Wildman–Crippen LogP) is 2.43. The number of carbonyl (C=O) groups excluding carboxylic acids is 2. The van der Waals surface area contributed by atoms with E-state index in [2.05, 4.69) is 13.8 Å². The van der Waals surface area contributed by atoms with E-state index in [4.69, 9.17) is 4.74 Å². The molecule has 0 aliphatic carbocycles. The molecule has 0 aromatic rings. The van der Waals surface area contributed by atoms with Crippen molar-refractivity contribution in [3.63, 3.8) is 0 Å². The van der Waals surface area contributed by atoms with Crippen LogP contribution in [0, 0.1) is 11.8 Å². The van der Waals surface area contributed by atoms with Crippen molar-refractivity contribution in [2.75, 3.05) is 6.61 Å². The van der Waals surface area contributed by atoms with E-state index in [1.165, 1.54) is 4.90 Å². The van der Waals surface area contributed by atoms with Crippen molar-refractivity contribution in [2.24, 2.45) is 11.8 Å². The lowest BCUT2D eigenvalue weighted by Gasteiger charge is -2.22. The first-order chi connectivity index (χ1) is 7.43. The van der Waals surface area contributed by atoms with Crippen molar-refractivity contribution >= 4 is 12.0 Å². The molecule has 2 amide bonds. The van der Waals surface area contributed by atoms with E-state index in [0.29, 0.717) is 18.9 Å². The zero-order valence-corrected chi connectivity index (χ0v) is 10.5. The molecule has 4 nitrogen and oxygen atoms in total. The highest BCUT2D eigenvalue weighted by molar-refractivity contribution is 5.93. The maximum absolute atomic E-state index is 11.9. The fraction of sp³-hybridized carbons (Fsp3) is 0.833. The lowest BCUT2D eigenvalue weighted by Crippen LogP contribution is -2.41. The van der Waals surface area contributed by atoms with E-state index < -0.39 is 6.09 Å². The minimum absolute atomic E-state index is 0.0906. The van der Waals surface area contributed by atoms with Crippen LogP contribution >= 0.6 is 0 Å². The molecule has 0 unspecified atom stereocenters. The maximum atomic E-state index is 11.9. The van der Waals surface area contributed by atoms with Gasteiger partial charge in [0.25, 0.3) is 0 Å². The van der Waals surface area contributed by atoms with Gasteiger partial charge in [-0.15, -0.1) is 0 Å². The van der Waals surface area contributed by atoms with Crippen molar-refractivity contribution in [3.8, 4) is 0 Å². The summed E-state index contributed by atoms with van der Waals surface area (Å²) in [5, 5.41) is 0. The van der Waals surface area contributed by atoms with Crippen LogP contribution < -0.4 is 0 Å². The number of nitrogens with zero attached hydrogens (tertiary/aromatic N) is 1.